The first-order valence-electron chi connectivity index (χ1n) is 10.9. The molecule has 0 amide bonds. The molecule has 1 aromatic carbocycles. The summed E-state index contributed by atoms with van der Waals surface area (Å²) < 4.78 is 5.84. The van der Waals surface area contributed by atoms with Gasteiger partial charge in [0.25, 0.3) is 0 Å². The highest BCUT2D eigenvalue weighted by atomic mass is 16.5. The minimum absolute atomic E-state index is 0.0673. The van der Waals surface area contributed by atoms with E-state index in [1.54, 1.807) is 0 Å². The minimum atomic E-state index is -0.223. The Bertz CT molecular complexity index is 502. The van der Waals surface area contributed by atoms with Gasteiger partial charge in [0.2, 0.25) is 0 Å². The van der Waals surface area contributed by atoms with Crippen molar-refractivity contribution in [1.29, 1.82) is 0 Å². The Kier molecular flexibility index (Phi) is 9.22. The van der Waals surface area contributed by atoms with Crippen LogP contribution in [0.15, 0.2) is 30.3 Å². The van der Waals surface area contributed by atoms with E-state index in [-0.39, 0.29) is 11.4 Å². The van der Waals surface area contributed by atoms with Crippen molar-refractivity contribution in [3.63, 3.8) is 0 Å². The molecule has 1 aromatic rings. The molecule has 0 N–H and O–H groups in total. The Hall–Kier alpha value is -1.31. The summed E-state index contributed by atoms with van der Waals surface area (Å²) in [6.45, 7) is 4.95. The smallest absolute Gasteiger partial charge is 0.312 e. The molecular formula is C24H38O2. The first-order valence-corrected chi connectivity index (χ1v) is 10.9. The van der Waals surface area contributed by atoms with Gasteiger partial charge in [-0.05, 0) is 30.7 Å². The molecule has 2 rings (SSSR count). The van der Waals surface area contributed by atoms with Crippen LogP contribution in [0.25, 0.3) is 0 Å². The molecule has 0 aromatic heterocycles. The minimum Gasteiger partial charge on any atom is -0.460 e. The number of carbonyl (C=O) groups is 1. The second-order valence-corrected chi connectivity index (χ2v) is 8.26. The second kappa shape index (κ2) is 11.4. The molecule has 1 aliphatic carbocycles. The number of benzene rings is 1. The molecule has 0 radical (unpaired) electrons. The van der Waals surface area contributed by atoms with Gasteiger partial charge in [-0.3, -0.25) is 4.79 Å². The van der Waals surface area contributed by atoms with E-state index in [9.17, 15) is 4.79 Å². The molecule has 0 aliphatic heterocycles. The maximum Gasteiger partial charge on any atom is 0.312 e. The second-order valence-electron chi connectivity index (χ2n) is 8.26. The SMILES string of the molecule is CCCCCC(CCC)CC1(C(=O)OCc2ccccc2)CCCCC1. The molecule has 0 bridgehead atoms. The van der Waals surface area contributed by atoms with Crippen LogP contribution < -0.4 is 0 Å². The summed E-state index contributed by atoms with van der Waals surface area (Å²) in [4.78, 5) is 13.1. The Balaban J connectivity index is 2.01. The summed E-state index contributed by atoms with van der Waals surface area (Å²) in [5.41, 5.74) is 0.860. The van der Waals surface area contributed by atoms with Crippen molar-refractivity contribution >= 4 is 5.97 Å². The van der Waals surface area contributed by atoms with Crippen molar-refractivity contribution in [1.82, 2.24) is 0 Å². The fourth-order valence-electron chi connectivity index (χ4n) is 4.59. The highest BCUT2D eigenvalue weighted by molar-refractivity contribution is 5.77. The lowest BCUT2D eigenvalue weighted by molar-refractivity contribution is -0.161. The summed E-state index contributed by atoms with van der Waals surface area (Å²) in [7, 11) is 0. The summed E-state index contributed by atoms with van der Waals surface area (Å²) in [5, 5.41) is 0. The molecule has 26 heavy (non-hydrogen) atoms. The van der Waals surface area contributed by atoms with Gasteiger partial charge in [-0.1, -0.05) is 102 Å². The normalized spacial score (nSPS) is 17.6. The highest BCUT2D eigenvalue weighted by Crippen LogP contribution is 2.44. The lowest BCUT2D eigenvalue weighted by atomic mass is 9.67. The van der Waals surface area contributed by atoms with Gasteiger partial charge >= 0.3 is 5.97 Å². The van der Waals surface area contributed by atoms with E-state index in [4.69, 9.17) is 4.74 Å². The molecule has 1 saturated carbocycles. The number of ether oxygens (including phenoxy) is 1. The van der Waals surface area contributed by atoms with Crippen molar-refractivity contribution in [2.75, 3.05) is 0 Å². The largest absolute Gasteiger partial charge is 0.460 e. The predicted molar refractivity (Wildman–Crippen MR) is 109 cm³/mol. The zero-order valence-corrected chi connectivity index (χ0v) is 17.0. The van der Waals surface area contributed by atoms with Crippen molar-refractivity contribution in [3.8, 4) is 0 Å². The van der Waals surface area contributed by atoms with Crippen LogP contribution in [0.5, 0.6) is 0 Å². The Morgan fingerprint density at radius 3 is 2.38 bits per heavy atom. The van der Waals surface area contributed by atoms with Gasteiger partial charge in [0.05, 0.1) is 5.41 Å². The molecule has 2 nitrogen and oxygen atoms in total. The zero-order chi connectivity index (χ0) is 18.7. The number of rotatable bonds is 11. The van der Waals surface area contributed by atoms with Crippen molar-refractivity contribution in [3.05, 3.63) is 35.9 Å². The number of unbranched alkanes of at least 4 members (excludes halogenated alkanes) is 2. The molecule has 1 unspecified atom stereocenters. The number of hydrogen-bond acceptors (Lipinski definition) is 2. The molecule has 2 heteroatoms. The van der Waals surface area contributed by atoms with E-state index in [1.165, 1.54) is 57.8 Å². The van der Waals surface area contributed by atoms with E-state index in [0.717, 1.165) is 24.8 Å². The quantitative estimate of drug-likeness (QED) is 0.312. The van der Waals surface area contributed by atoms with Gasteiger partial charge in [-0.15, -0.1) is 0 Å². The predicted octanol–water partition coefficient (Wildman–Crippen LogP) is 7.07. The molecule has 0 spiro atoms. The standard InChI is InChI=1S/C24H38O2/c1-3-5-8-14-21(13-4-2)19-24(17-11-7-12-18-24)23(25)26-20-22-15-9-6-10-16-22/h6,9-10,15-16,21H,3-5,7-8,11-14,17-20H2,1-2H3. The molecule has 1 aliphatic rings. The average Bonchev–Trinajstić information content (AvgIpc) is 2.68. The van der Waals surface area contributed by atoms with Gasteiger partial charge in [-0.25, -0.2) is 0 Å². The highest BCUT2D eigenvalue weighted by Gasteiger charge is 2.42. The monoisotopic (exact) mass is 358 g/mol. The van der Waals surface area contributed by atoms with Gasteiger partial charge in [-0.2, -0.15) is 0 Å². The third-order valence-corrected chi connectivity index (χ3v) is 6.05. The summed E-state index contributed by atoms with van der Waals surface area (Å²) >= 11 is 0. The maximum atomic E-state index is 13.1. The van der Waals surface area contributed by atoms with Gasteiger partial charge in [0.15, 0.2) is 0 Å². The molecule has 1 fully saturated rings. The summed E-state index contributed by atoms with van der Waals surface area (Å²) in [6.07, 6.45) is 14.3. The van der Waals surface area contributed by atoms with E-state index >= 15 is 0 Å². The third-order valence-electron chi connectivity index (χ3n) is 6.05. The maximum absolute atomic E-state index is 13.1. The molecule has 146 valence electrons. The van der Waals surface area contributed by atoms with Crippen LogP contribution in [0.4, 0.5) is 0 Å². The van der Waals surface area contributed by atoms with Crippen LogP contribution in [0, 0.1) is 11.3 Å². The van der Waals surface area contributed by atoms with Crippen molar-refractivity contribution < 1.29 is 9.53 Å². The van der Waals surface area contributed by atoms with Crippen LogP contribution >= 0.6 is 0 Å². The van der Waals surface area contributed by atoms with Crippen LogP contribution in [0.2, 0.25) is 0 Å². The van der Waals surface area contributed by atoms with Crippen LogP contribution in [0.3, 0.4) is 0 Å². The molecule has 0 heterocycles. The van der Waals surface area contributed by atoms with E-state index in [0.29, 0.717) is 12.5 Å². The number of carbonyl (C=O) groups excluding carboxylic acids is 1. The Labute approximate surface area is 160 Å². The molecule has 1 atom stereocenters. The van der Waals surface area contributed by atoms with Gasteiger partial charge in [0.1, 0.15) is 6.61 Å². The van der Waals surface area contributed by atoms with Crippen molar-refractivity contribution in [2.24, 2.45) is 11.3 Å². The number of hydrogen-bond donors (Lipinski definition) is 0. The first kappa shape index (κ1) is 21.0. The van der Waals surface area contributed by atoms with E-state index in [2.05, 4.69) is 13.8 Å². The lowest BCUT2D eigenvalue weighted by Gasteiger charge is -2.37. The number of esters is 1. The lowest BCUT2D eigenvalue weighted by Crippen LogP contribution is -2.37. The van der Waals surface area contributed by atoms with Crippen LogP contribution in [-0.2, 0) is 16.1 Å². The third kappa shape index (κ3) is 6.45. The fraction of sp³-hybridized carbons (Fsp3) is 0.708. The van der Waals surface area contributed by atoms with Gasteiger partial charge in [0, 0.05) is 0 Å². The fourth-order valence-corrected chi connectivity index (χ4v) is 4.59. The summed E-state index contributed by atoms with van der Waals surface area (Å²) in [6, 6.07) is 10.1. The Morgan fingerprint density at radius 2 is 1.73 bits per heavy atom. The topological polar surface area (TPSA) is 26.3 Å². The summed E-state index contributed by atoms with van der Waals surface area (Å²) in [5.74, 6) is 0.742. The molecule has 0 saturated heterocycles. The van der Waals surface area contributed by atoms with E-state index in [1.807, 2.05) is 30.3 Å². The van der Waals surface area contributed by atoms with Crippen molar-refractivity contribution in [2.45, 2.75) is 97.5 Å². The van der Waals surface area contributed by atoms with Gasteiger partial charge < -0.3 is 4.74 Å². The average molecular weight is 359 g/mol. The molecular weight excluding hydrogens is 320 g/mol. The Morgan fingerprint density at radius 1 is 1.00 bits per heavy atom. The first-order chi connectivity index (χ1) is 12.7. The van der Waals surface area contributed by atoms with E-state index < -0.39 is 0 Å². The van der Waals surface area contributed by atoms with Crippen LogP contribution in [-0.4, -0.2) is 5.97 Å². The zero-order valence-electron chi connectivity index (χ0n) is 17.0. The van der Waals surface area contributed by atoms with Crippen LogP contribution in [0.1, 0.15) is 96.5 Å².